The van der Waals surface area contributed by atoms with E-state index in [-0.39, 0.29) is 32.0 Å². The molecule has 0 radical (unpaired) electrons. The van der Waals surface area contributed by atoms with Crippen molar-refractivity contribution >= 4 is 18.1 Å². The van der Waals surface area contributed by atoms with Crippen molar-refractivity contribution in [1.29, 1.82) is 0 Å². The van der Waals surface area contributed by atoms with Gasteiger partial charge in [-0.25, -0.2) is 4.79 Å². The summed E-state index contributed by atoms with van der Waals surface area (Å²) in [6.07, 6.45) is -1.98. The minimum atomic E-state index is -1.29. The van der Waals surface area contributed by atoms with E-state index in [0.29, 0.717) is 0 Å². The van der Waals surface area contributed by atoms with Gasteiger partial charge in [0, 0.05) is 12.8 Å². The van der Waals surface area contributed by atoms with Crippen molar-refractivity contribution in [2.45, 2.75) is 46.8 Å². The highest BCUT2D eigenvalue weighted by Gasteiger charge is 2.21. The second kappa shape index (κ2) is 10.1. The molecule has 7 heteroatoms. The fraction of sp³-hybridized carbons (Fsp3) is 0.769. The second-order valence-electron chi connectivity index (χ2n) is 4.38. The average Bonchev–Trinajstić information content (AvgIpc) is 2.41. The summed E-state index contributed by atoms with van der Waals surface area (Å²) in [6, 6.07) is 0. The van der Waals surface area contributed by atoms with Crippen molar-refractivity contribution in [1.82, 2.24) is 0 Å². The molecular formula is C13H22O7. The number of rotatable bonds is 8. The topological polar surface area (TPSA) is 88.1 Å². The van der Waals surface area contributed by atoms with Gasteiger partial charge in [0.15, 0.2) is 6.61 Å². The molecule has 0 rings (SSSR count). The van der Waals surface area contributed by atoms with E-state index in [4.69, 9.17) is 18.9 Å². The molecule has 1 unspecified atom stereocenters. The van der Waals surface area contributed by atoms with Gasteiger partial charge in [0.05, 0.1) is 6.61 Å². The van der Waals surface area contributed by atoms with Crippen LogP contribution in [0.25, 0.3) is 0 Å². The van der Waals surface area contributed by atoms with Crippen molar-refractivity contribution in [2.24, 2.45) is 5.92 Å². The van der Waals surface area contributed by atoms with Crippen molar-refractivity contribution in [3.8, 4) is 0 Å². The summed E-state index contributed by atoms with van der Waals surface area (Å²) in [6.45, 7) is 6.77. The lowest BCUT2D eigenvalue weighted by Gasteiger charge is -2.18. The van der Waals surface area contributed by atoms with Gasteiger partial charge < -0.3 is 18.9 Å². The van der Waals surface area contributed by atoms with Crippen LogP contribution in [0.5, 0.6) is 0 Å². The third kappa shape index (κ3) is 9.18. The minimum absolute atomic E-state index is 0.114. The number of esters is 2. The maximum Gasteiger partial charge on any atom is 0.511 e. The van der Waals surface area contributed by atoms with E-state index in [0.717, 1.165) is 0 Å². The number of carbonyl (C=O) groups is 3. The van der Waals surface area contributed by atoms with Crippen LogP contribution in [0.2, 0.25) is 0 Å². The fourth-order valence-electron chi connectivity index (χ4n) is 0.961. The van der Waals surface area contributed by atoms with E-state index in [9.17, 15) is 14.4 Å². The first-order valence-electron chi connectivity index (χ1n) is 6.57. The molecule has 0 saturated heterocycles. The van der Waals surface area contributed by atoms with Gasteiger partial charge in [0.25, 0.3) is 6.29 Å². The molecule has 0 aromatic rings. The van der Waals surface area contributed by atoms with Crippen molar-refractivity contribution in [2.75, 3.05) is 13.2 Å². The number of hydrogen-bond acceptors (Lipinski definition) is 7. The predicted molar refractivity (Wildman–Crippen MR) is 68.7 cm³/mol. The molecule has 0 N–H and O–H groups in total. The Bertz CT molecular complexity index is 325. The molecule has 0 aromatic heterocycles. The summed E-state index contributed by atoms with van der Waals surface area (Å²) < 4.78 is 19.2. The second-order valence-corrected chi connectivity index (χ2v) is 4.38. The Kier molecular flexibility index (Phi) is 9.15. The molecule has 0 aliphatic rings. The number of carbonyl (C=O) groups excluding carboxylic acids is 3. The van der Waals surface area contributed by atoms with E-state index < -0.39 is 24.4 Å². The van der Waals surface area contributed by atoms with Crippen molar-refractivity contribution in [3.05, 3.63) is 0 Å². The maximum atomic E-state index is 11.4. The van der Waals surface area contributed by atoms with Gasteiger partial charge >= 0.3 is 18.1 Å². The molecule has 0 aromatic carbocycles. The number of hydrogen-bond donors (Lipinski definition) is 0. The Morgan fingerprint density at radius 2 is 1.45 bits per heavy atom. The summed E-state index contributed by atoms with van der Waals surface area (Å²) in [5, 5.41) is 0. The first-order chi connectivity index (χ1) is 9.38. The normalized spacial score (nSPS) is 11.7. The molecule has 7 nitrogen and oxygen atoms in total. The molecule has 0 bridgehead atoms. The van der Waals surface area contributed by atoms with Gasteiger partial charge in [-0.3, -0.25) is 9.59 Å². The third-order valence-electron chi connectivity index (χ3n) is 1.98. The highest BCUT2D eigenvalue weighted by molar-refractivity contribution is 5.70. The fourth-order valence-corrected chi connectivity index (χ4v) is 0.961. The molecule has 0 amide bonds. The summed E-state index contributed by atoms with van der Waals surface area (Å²) in [7, 11) is 0. The van der Waals surface area contributed by atoms with Crippen LogP contribution in [0.4, 0.5) is 4.79 Å². The van der Waals surface area contributed by atoms with E-state index in [1.165, 1.54) is 0 Å². The first-order valence-corrected chi connectivity index (χ1v) is 6.57. The van der Waals surface area contributed by atoms with Gasteiger partial charge in [0.2, 0.25) is 0 Å². The van der Waals surface area contributed by atoms with Crippen LogP contribution >= 0.6 is 0 Å². The molecule has 0 fully saturated rings. The van der Waals surface area contributed by atoms with E-state index in [2.05, 4.69) is 0 Å². The molecular weight excluding hydrogens is 268 g/mol. The van der Waals surface area contributed by atoms with E-state index >= 15 is 0 Å². The molecule has 0 aliphatic carbocycles. The molecule has 0 spiro atoms. The predicted octanol–water partition coefficient (Wildman–Crippen LogP) is 2.03. The third-order valence-corrected chi connectivity index (χ3v) is 1.98. The standard InChI is InChI=1S/C13H22O7/c1-5-10(14)17-8-12(19-11(15)6-2)20-13(16)18-7-9(3)4/h9,12H,5-8H2,1-4H3. The zero-order valence-electron chi connectivity index (χ0n) is 12.3. The van der Waals surface area contributed by atoms with Crippen molar-refractivity contribution in [3.63, 3.8) is 0 Å². The Morgan fingerprint density at radius 3 is 1.95 bits per heavy atom. The lowest BCUT2D eigenvalue weighted by atomic mass is 10.2. The van der Waals surface area contributed by atoms with Crippen LogP contribution < -0.4 is 0 Å². The van der Waals surface area contributed by atoms with Crippen LogP contribution in [0.15, 0.2) is 0 Å². The molecule has 116 valence electrons. The summed E-state index contributed by atoms with van der Waals surface area (Å²) in [5.41, 5.74) is 0. The summed E-state index contributed by atoms with van der Waals surface area (Å²) >= 11 is 0. The monoisotopic (exact) mass is 290 g/mol. The van der Waals surface area contributed by atoms with E-state index in [1.807, 2.05) is 13.8 Å². The van der Waals surface area contributed by atoms with E-state index in [1.54, 1.807) is 13.8 Å². The van der Waals surface area contributed by atoms with Gasteiger partial charge in [-0.05, 0) is 5.92 Å². The van der Waals surface area contributed by atoms with Gasteiger partial charge in [0.1, 0.15) is 0 Å². The molecule has 0 heterocycles. The Morgan fingerprint density at radius 1 is 0.850 bits per heavy atom. The Hall–Kier alpha value is -1.79. The summed E-state index contributed by atoms with van der Waals surface area (Å²) in [4.78, 5) is 33.6. The molecule has 20 heavy (non-hydrogen) atoms. The van der Waals surface area contributed by atoms with Crippen LogP contribution in [0.3, 0.4) is 0 Å². The smallest absolute Gasteiger partial charge is 0.458 e. The van der Waals surface area contributed by atoms with Gasteiger partial charge in [-0.1, -0.05) is 27.7 Å². The van der Waals surface area contributed by atoms with Gasteiger partial charge in [-0.15, -0.1) is 0 Å². The van der Waals surface area contributed by atoms with Crippen LogP contribution in [0.1, 0.15) is 40.5 Å². The number of ether oxygens (including phenoxy) is 4. The zero-order chi connectivity index (χ0) is 15.5. The quantitative estimate of drug-likeness (QED) is 0.384. The summed E-state index contributed by atoms with van der Waals surface area (Å²) in [5.74, 6) is -0.905. The minimum Gasteiger partial charge on any atom is -0.458 e. The first kappa shape index (κ1) is 18.2. The Labute approximate surface area is 118 Å². The van der Waals surface area contributed by atoms with Gasteiger partial charge in [-0.2, -0.15) is 0 Å². The lowest BCUT2D eigenvalue weighted by Crippen LogP contribution is -2.30. The molecule has 0 saturated carbocycles. The average molecular weight is 290 g/mol. The van der Waals surface area contributed by atoms with Crippen molar-refractivity contribution < 1.29 is 33.3 Å². The largest absolute Gasteiger partial charge is 0.511 e. The lowest BCUT2D eigenvalue weighted by molar-refractivity contribution is -0.185. The van der Waals surface area contributed by atoms with Crippen LogP contribution in [-0.2, 0) is 28.5 Å². The highest BCUT2D eigenvalue weighted by Crippen LogP contribution is 2.04. The molecule has 1 atom stereocenters. The van der Waals surface area contributed by atoms with Crippen LogP contribution in [0, 0.1) is 5.92 Å². The molecule has 0 aliphatic heterocycles. The zero-order valence-corrected chi connectivity index (χ0v) is 12.3. The highest BCUT2D eigenvalue weighted by atomic mass is 16.8. The SMILES string of the molecule is CCC(=O)OCC(OC(=O)CC)OC(=O)OCC(C)C. The van der Waals surface area contributed by atoms with Crippen LogP contribution in [-0.4, -0.2) is 37.6 Å². The maximum absolute atomic E-state index is 11.4. The Balaban J connectivity index is 4.32.